The zero-order valence-corrected chi connectivity index (χ0v) is 6.25. The standard InChI is InChI=1S/C6H10F2O3/c1-3(9)6(7,8)5-10-4(2)11-5/h3-5,9H,1-2H3. The Balaban J connectivity index is 2.46. The quantitative estimate of drug-likeness (QED) is 0.660. The summed E-state index contributed by atoms with van der Waals surface area (Å²) >= 11 is 0. The average Bonchev–Trinajstić information content (AvgIpc) is 1.80. The van der Waals surface area contributed by atoms with Crippen molar-refractivity contribution in [2.24, 2.45) is 0 Å². The summed E-state index contributed by atoms with van der Waals surface area (Å²) in [5.41, 5.74) is 0. The molecule has 5 heteroatoms. The van der Waals surface area contributed by atoms with Gasteiger partial charge < -0.3 is 14.6 Å². The van der Waals surface area contributed by atoms with Crippen molar-refractivity contribution in [2.45, 2.75) is 38.5 Å². The maximum Gasteiger partial charge on any atom is 0.322 e. The van der Waals surface area contributed by atoms with E-state index in [0.717, 1.165) is 6.92 Å². The summed E-state index contributed by atoms with van der Waals surface area (Å²) in [5.74, 6) is -3.31. The van der Waals surface area contributed by atoms with Crippen LogP contribution in [0, 0.1) is 0 Å². The lowest BCUT2D eigenvalue weighted by Gasteiger charge is -2.39. The van der Waals surface area contributed by atoms with Crippen molar-refractivity contribution >= 4 is 0 Å². The fourth-order valence-corrected chi connectivity index (χ4v) is 0.737. The first kappa shape index (κ1) is 8.83. The number of hydrogen-bond acceptors (Lipinski definition) is 3. The highest BCUT2D eigenvalue weighted by Gasteiger charge is 2.52. The van der Waals surface area contributed by atoms with Crippen LogP contribution >= 0.6 is 0 Å². The SMILES string of the molecule is CC1OC(C(F)(F)C(C)O)O1. The molecule has 1 fully saturated rings. The second-order valence-electron chi connectivity index (χ2n) is 2.52. The van der Waals surface area contributed by atoms with Crippen LogP contribution < -0.4 is 0 Å². The number of ether oxygens (including phenoxy) is 2. The first-order chi connectivity index (χ1) is 4.94. The largest absolute Gasteiger partial charge is 0.387 e. The van der Waals surface area contributed by atoms with Gasteiger partial charge >= 0.3 is 5.92 Å². The van der Waals surface area contributed by atoms with E-state index in [0.29, 0.717) is 0 Å². The molecule has 1 aliphatic heterocycles. The van der Waals surface area contributed by atoms with Gasteiger partial charge in [-0.2, -0.15) is 8.78 Å². The minimum absolute atomic E-state index is 0.593. The molecule has 0 radical (unpaired) electrons. The van der Waals surface area contributed by atoms with Crippen molar-refractivity contribution < 1.29 is 23.4 Å². The molecule has 1 rings (SSSR count). The van der Waals surface area contributed by atoms with Crippen molar-refractivity contribution in [1.29, 1.82) is 0 Å². The molecular weight excluding hydrogens is 158 g/mol. The highest BCUT2D eigenvalue weighted by molar-refractivity contribution is 4.80. The summed E-state index contributed by atoms with van der Waals surface area (Å²) in [6.45, 7) is 2.50. The van der Waals surface area contributed by atoms with Gasteiger partial charge in [0, 0.05) is 0 Å². The van der Waals surface area contributed by atoms with Crippen LogP contribution in [-0.2, 0) is 9.47 Å². The number of aliphatic hydroxyl groups excluding tert-OH is 1. The van der Waals surface area contributed by atoms with Gasteiger partial charge in [0.25, 0.3) is 0 Å². The van der Waals surface area contributed by atoms with E-state index in [1.807, 2.05) is 0 Å². The van der Waals surface area contributed by atoms with Crippen LogP contribution in [0.2, 0.25) is 0 Å². The van der Waals surface area contributed by atoms with E-state index < -0.39 is 24.6 Å². The molecule has 0 amide bonds. The fourth-order valence-electron chi connectivity index (χ4n) is 0.737. The Morgan fingerprint density at radius 3 is 2.18 bits per heavy atom. The number of aliphatic hydroxyl groups is 1. The van der Waals surface area contributed by atoms with Crippen LogP contribution in [0.1, 0.15) is 13.8 Å². The third kappa shape index (κ3) is 1.50. The van der Waals surface area contributed by atoms with Crippen LogP contribution in [0.25, 0.3) is 0 Å². The van der Waals surface area contributed by atoms with Crippen LogP contribution in [0.4, 0.5) is 8.78 Å². The lowest BCUT2D eigenvalue weighted by molar-refractivity contribution is -0.437. The Labute approximate surface area is 62.9 Å². The van der Waals surface area contributed by atoms with Crippen molar-refractivity contribution in [3.8, 4) is 0 Å². The van der Waals surface area contributed by atoms with Crippen molar-refractivity contribution in [3.63, 3.8) is 0 Å². The minimum atomic E-state index is -3.31. The van der Waals surface area contributed by atoms with Crippen molar-refractivity contribution in [2.75, 3.05) is 0 Å². The lowest BCUT2D eigenvalue weighted by atomic mass is 10.2. The first-order valence-electron chi connectivity index (χ1n) is 3.31. The third-order valence-corrected chi connectivity index (χ3v) is 1.50. The molecule has 1 unspecified atom stereocenters. The normalized spacial score (nSPS) is 34.6. The summed E-state index contributed by atoms with van der Waals surface area (Å²) in [6, 6.07) is 0. The van der Waals surface area contributed by atoms with Crippen LogP contribution in [0.15, 0.2) is 0 Å². The fraction of sp³-hybridized carbons (Fsp3) is 1.00. The first-order valence-corrected chi connectivity index (χ1v) is 3.31. The highest BCUT2D eigenvalue weighted by Crippen LogP contribution is 2.33. The smallest absolute Gasteiger partial charge is 0.322 e. The topological polar surface area (TPSA) is 38.7 Å². The van der Waals surface area contributed by atoms with E-state index >= 15 is 0 Å². The van der Waals surface area contributed by atoms with Crippen LogP contribution in [0.3, 0.4) is 0 Å². The Kier molecular flexibility index (Phi) is 2.13. The van der Waals surface area contributed by atoms with Crippen LogP contribution in [-0.4, -0.2) is 29.7 Å². The number of hydrogen-bond donors (Lipinski definition) is 1. The molecule has 1 atom stereocenters. The molecule has 3 nitrogen and oxygen atoms in total. The summed E-state index contributed by atoms with van der Waals surface area (Å²) in [7, 11) is 0. The van der Waals surface area contributed by atoms with Gasteiger partial charge in [0.2, 0.25) is 6.29 Å². The second kappa shape index (κ2) is 2.66. The van der Waals surface area contributed by atoms with Gasteiger partial charge in [-0.25, -0.2) is 0 Å². The maximum atomic E-state index is 12.7. The van der Waals surface area contributed by atoms with E-state index in [-0.39, 0.29) is 0 Å². The molecule has 1 aliphatic rings. The summed E-state index contributed by atoms with van der Waals surface area (Å²) < 4.78 is 34.4. The molecule has 1 heterocycles. The van der Waals surface area contributed by atoms with E-state index in [1.54, 1.807) is 0 Å². The molecule has 0 saturated carbocycles. The number of alkyl halides is 2. The van der Waals surface area contributed by atoms with Gasteiger partial charge in [0.1, 0.15) is 6.10 Å². The van der Waals surface area contributed by atoms with Crippen molar-refractivity contribution in [1.82, 2.24) is 0 Å². The average molecular weight is 168 g/mol. The summed E-state index contributed by atoms with van der Waals surface area (Å²) in [5, 5.41) is 8.59. The molecule has 0 aliphatic carbocycles. The zero-order valence-electron chi connectivity index (χ0n) is 6.25. The molecule has 0 aromatic carbocycles. The van der Waals surface area contributed by atoms with Gasteiger partial charge in [0.15, 0.2) is 6.29 Å². The van der Waals surface area contributed by atoms with Gasteiger partial charge in [-0.3, -0.25) is 0 Å². The molecule has 0 aromatic heterocycles. The molecule has 0 spiro atoms. The second-order valence-corrected chi connectivity index (χ2v) is 2.52. The van der Waals surface area contributed by atoms with Gasteiger partial charge in [-0.05, 0) is 13.8 Å². The predicted molar refractivity (Wildman–Crippen MR) is 32.0 cm³/mol. The summed E-state index contributed by atoms with van der Waals surface area (Å²) in [6.07, 6.45) is -3.93. The molecule has 1 N–H and O–H groups in total. The minimum Gasteiger partial charge on any atom is -0.387 e. The van der Waals surface area contributed by atoms with E-state index in [4.69, 9.17) is 5.11 Å². The number of halogens is 2. The van der Waals surface area contributed by atoms with Gasteiger partial charge in [-0.1, -0.05) is 0 Å². The van der Waals surface area contributed by atoms with E-state index in [1.165, 1.54) is 6.92 Å². The monoisotopic (exact) mass is 168 g/mol. The van der Waals surface area contributed by atoms with Gasteiger partial charge in [0.05, 0.1) is 0 Å². The Morgan fingerprint density at radius 2 is 1.91 bits per heavy atom. The lowest BCUT2D eigenvalue weighted by Crippen LogP contribution is -2.55. The van der Waals surface area contributed by atoms with Crippen LogP contribution in [0.5, 0.6) is 0 Å². The molecule has 0 bridgehead atoms. The molecule has 66 valence electrons. The highest BCUT2D eigenvalue weighted by atomic mass is 19.3. The third-order valence-electron chi connectivity index (χ3n) is 1.50. The predicted octanol–water partition coefficient (Wildman–Crippen LogP) is 0.721. The number of rotatable bonds is 2. The Hall–Kier alpha value is -0.260. The van der Waals surface area contributed by atoms with Crippen molar-refractivity contribution in [3.05, 3.63) is 0 Å². The maximum absolute atomic E-state index is 12.7. The Bertz CT molecular complexity index is 143. The molecule has 0 aromatic rings. The van der Waals surface area contributed by atoms with E-state index in [2.05, 4.69) is 9.47 Å². The molecular formula is C6H10F2O3. The van der Waals surface area contributed by atoms with Gasteiger partial charge in [-0.15, -0.1) is 0 Å². The zero-order chi connectivity index (χ0) is 8.65. The summed E-state index contributed by atoms with van der Waals surface area (Å²) in [4.78, 5) is 0. The molecule has 11 heavy (non-hydrogen) atoms. The Morgan fingerprint density at radius 1 is 1.45 bits per heavy atom. The molecule has 1 saturated heterocycles. The van der Waals surface area contributed by atoms with E-state index in [9.17, 15) is 8.78 Å².